The summed E-state index contributed by atoms with van der Waals surface area (Å²) in [6.07, 6.45) is 4.98. The second-order valence-electron chi connectivity index (χ2n) is 11.1. The quantitative estimate of drug-likeness (QED) is 0.353. The molecular formula is C32H30Cl2N4O4. The average Bonchev–Trinajstić information content (AvgIpc) is 3.39. The normalized spacial score (nSPS) is 17.2. The molecule has 1 saturated heterocycles. The molecule has 42 heavy (non-hydrogen) atoms. The number of likely N-dealkylation sites (tertiary alicyclic amines) is 1. The number of fused-ring (bicyclic) bond motifs is 2. The van der Waals surface area contributed by atoms with Crippen LogP contribution in [0.5, 0.6) is 0 Å². The van der Waals surface area contributed by atoms with Gasteiger partial charge in [-0.2, -0.15) is 0 Å². The van der Waals surface area contributed by atoms with E-state index in [1.54, 1.807) is 13.1 Å². The molecule has 2 aromatic heterocycles. The molecule has 2 aliphatic rings. The van der Waals surface area contributed by atoms with Crippen molar-refractivity contribution in [3.63, 3.8) is 0 Å². The van der Waals surface area contributed by atoms with Gasteiger partial charge in [-0.05, 0) is 72.6 Å². The monoisotopic (exact) mass is 604 g/mol. The van der Waals surface area contributed by atoms with Gasteiger partial charge in [-0.1, -0.05) is 47.5 Å². The first-order valence-corrected chi connectivity index (χ1v) is 14.7. The van der Waals surface area contributed by atoms with Gasteiger partial charge in [-0.25, -0.2) is 9.78 Å². The number of nitrogens with zero attached hydrogens (tertiary/aromatic N) is 4. The maximum absolute atomic E-state index is 14.1. The Hall–Kier alpha value is -3.72. The highest BCUT2D eigenvalue weighted by Crippen LogP contribution is 2.39. The number of amides is 1. The summed E-state index contributed by atoms with van der Waals surface area (Å²) in [5.74, 6) is -0.258. The van der Waals surface area contributed by atoms with E-state index in [2.05, 4.69) is 6.08 Å². The highest BCUT2D eigenvalue weighted by molar-refractivity contribution is 6.42. The number of hydrogen-bond donors (Lipinski definition) is 1. The first-order valence-electron chi connectivity index (χ1n) is 14.0. The molecule has 2 aromatic carbocycles. The third-order valence-corrected chi connectivity index (χ3v) is 9.24. The number of benzene rings is 2. The predicted molar refractivity (Wildman–Crippen MR) is 165 cm³/mol. The smallest absolute Gasteiger partial charge is 0.330 e. The second-order valence-corrected chi connectivity index (χ2v) is 11.9. The number of pyridine rings is 1. The SMILES string of the molecule is Cn1cc(C(O)C2CCN(C(=O)c3c4c(nc5ccccc35)/C(=C\c3ccc(Cl)c(Cl)c3)CC4)CC2)c(=O)n(C)c1=O. The van der Waals surface area contributed by atoms with E-state index in [0.717, 1.165) is 44.3 Å². The van der Waals surface area contributed by atoms with E-state index in [1.807, 2.05) is 41.3 Å². The van der Waals surface area contributed by atoms with Crippen molar-refractivity contribution in [1.29, 1.82) is 0 Å². The Bertz CT molecular complexity index is 1890. The van der Waals surface area contributed by atoms with Crippen LogP contribution in [0.4, 0.5) is 0 Å². The van der Waals surface area contributed by atoms with E-state index >= 15 is 0 Å². The Kier molecular flexibility index (Phi) is 7.55. The molecule has 1 N–H and O–H groups in total. The molecule has 1 atom stereocenters. The van der Waals surface area contributed by atoms with Crippen LogP contribution in [-0.4, -0.2) is 43.1 Å². The Morgan fingerprint density at radius 3 is 2.52 bits per heavy atom. The summed E-state index contributed by atoms with van der Waals surface area (Å²) in [6.45, 7) is 0.897. The van der Waals surface area contributed by atoms with E-state index in [0.29, 0.717) is 48.0 Å². The minimum atomic E-state index is -1.02. The van der Waals surface area contributed by atoms with Gasteiger partial charge in [0.15, 0.2) is 0 Å². The van der Waals surface area contributed by atoms with Crippen molar-refractivity contribution in [1.82, 2.24) is 19.0 Å². The minimum absolute atomic E-state index is 0.0494. The molecule has 1 amide bonds. The summed E-state index contributed by atoms with van der Waals surface area (Å²) in [4.78, 5) is 45.7. The number of aliphatic hydroxyl groups excluding tert-OH is 1. The first kappa shape index (κ1) is 28.4. The highest BCUT2D eigenvalue weighted by Gasteiger charge is 2.34. The lowest BCUT2D eigenvalue weighted by Gasteiger charge is -2.34. The zero-order valence-corrected chi connectivity index (χ0v) is 24.8. The lowest BCUT2D eigenvalue weighted by molar-refractivity contribution is 0.0453. The molecule has 6 rings (SSSR count). The molecule has 1 fully saturated rings. The number of halogens is 2. The summed E-state index contributed by atoms with van der Waals surface area (Å²) in [6, 6.07) is 13.2. The molecule has 8 nitrogen and oxygen atoms in total. The maximum Gasteiger partial charge on any atom is 0.330 e. The number of rotatable bonds is 4. The van der Waals surface area contributed by atoms with Gasteiger partial charge < -0.3 is 14.6 Å². The van der Waals surface area contributed by atoms with E-state index in [9.17, 15) is 19.5 Å². The Morgan fingerprint density at radius 2 is 1.79 bits per heavy atom. The molecule has 1 unspecified atom stereocenters. The summed E-state index contributed by atoms with van der Waals surface area (Å²) in [7, 11) is 2.97. The molecule has 1 aliphatic heterocycles. The van der Waals surface area contributed by atoms with Crippen LogP contribution in [0, 0.1) is 5.92 Å². The van der Waals surface area contributed by atoms with Crippen LogP contribution in [-0.2, 0) is 20.5 Å². The van der Waals surface area contributed by atoms with E-state index in [1.165, 1.54) is 17.8 Å². The van der Waals surface area contributed by atoms with Gasteiger partial charge in [-0.3, -0.25) is 14.2 Å². The van der Waals surface area contributed by atoms with Crippen LogP contribution in [0.1, 0.15) is 58.1 Å². The van der Waals surface area contributed by atoms with Crippen LogP contribution in [0.15, 0.2) is 58.3 Å². The van der Waals surface area contributed by atoms with Crippen molar-refractivity contribution < 1.29 is 9.90 Å². The highest BCUT2D eigenvalue weighted by atomic mass is 35.5. The van der Waals surface area contributed by atoms with Crippen molar-refractivity contribution in [2.45, 2.75) is 31.8 Å². The zero-order chi connectivity index (χ0) is 29.7. The summed E-state index contributed by atoms with van der Waals surface area (Å²) < 4.78 is 2.31. The number of allylic oxidation sites excluding steroid dienone is 1. The van der Waals surface area contributed by atoms with Crippen LogP contribution in [0.3, 0.4) is 0 Å². The van der Waals surface area contributed by atoms with Crippen molar-refractivity contribution in [3.05, 3.63) is 107 Å². The molecule has 0 saturated carbocycles. The molecule has 0 spiro atoms. The Labute approximate surface area is 252 Å². The Morgan fingerprint density at radius 1 is 1.05 bits per heavy atom. The molecule has 216 valence electrons. The van der Waals surface area contributed by atoms with Gasteiger partial charge in [0.1, 0.15) is 0 Å². The predicted octanol–water partition coefficient (Wildman–Crippen LogP) is 5.01. The number of aryl methyl sites for hydroxylation is 1. The maximum atomic E-state index is 14.1. The number of para-hydroxylation sites is 1. The molecule has 0 bridgehead atoms. The van der Waals surface area contributed by atoms with Crippen LogP contribution >= 0.6 is 23.2 Å². The largest absolute Gasteiger partial charge is 0.388 e. The molecule has 10 heteroatoms. The third-order valence-electron chi connectivity index (χ3n) is 8.51. The number of piperidine rings is 1. The van der Waals surface area contributed by atoms with Crippen LogP contribution in [0.25, 0.3) is 22.6 Å². The van der Waals surface area contributed by atoms with E-state index in [-0.39, 0.29) is 17.4 Å². The third kappa shape index (κ3) is 4.97. The van der Waals surface area contributed by atoms with Gasteiger partial charge in [0.2, 0.25) is 0 Å². The van der Waals surface area contributed by atoms with Crippen molar-refractivity contribution >= 4 is 51.7 Å². The fourth-order valence-electron chi connectivity index (χ4n) is 6.20. The number of aromatic nitrogens is 3. The summed E-state index contributed by atoms with van der Waals surface area (Å²) in [5, 5.41) is 12.9. The average molecular weight is 606 g/mol. The topological polar surface area (TPSA) is 97.4 Å². The van der Waals surface area contributed by atoms with Gasteiger partial charge in [0.25, 0.3) is 11.5 Å². The van der Waals surface area contributed by atoms with Crippen molar-refractivity contribution in [2.24, 2.45) is 20.0 Å². The number of carbonyl (C=O) groups excluding carboxylic acids is 1. The Balaban J connectivity index is 1.29. The fourth-order valence-corrected chi connectivity index (χ4v) is 6.50. The number of aliphatic hydroxyl groups is 1. The minimum Gasteiger partial charge on any atom is -0.388 e. The van der Waals surface area contributed by atoms with Crippen LogP contribution < -0.4 is 11.2 Å². The van der Waals surface area contributed by atoms with Crippen molar-refractivity contribution in [3.8, 4) is 0 Å². The lowest BCUT2D eigenvalue weighted by atomic mass is 9.87. The summed E-state index contributed by atoms with van der Waals surface area (Å²) >= 11 is 12.4. The van der Waals surface area contributed by atoms with E-state index < -0.39 is 17.4 Å². The van der Waals surface area contributed by atoms with Gasteiger partial charge in [0.05, 0.1) is 38.5 Å². The van der Waals surface area contributed by atoms with Crippen LogP contribution in [0.2, 0.25) is 10.0 Å². The first-order chi connectivity index (χ1) is 20.1. The molecular weight excluding hydrogens is 575 g/mol. The standard InChI is InChI=1S/C32H30Cl2N4O4/c1-36-17-23(30(40)37(2)32(36)42)29(39)19-11-13-38(14-12-19)31(41)27-21-5-3-4-6-26(21)35-28-20(8-9-22(27)28)15-18-7-10-24(33)25(34)16-18/h3-7,10,15-17,19,29,39H,8-9,11-14H2,1-2H3/b20-15-. The van der Waals surface area contributed by atoms with Gasteiger partial charge >= 0.3 is 5.69 Å². The second kappa shape index (κ2) is 11.2. The van der Waals surface area contributed by atoms with Gasteiger partial charge in [-0.15, -0.1) is 0 Å². The van der Waals surface area contributed by atoms with E-state index in [4.69, 9.17) is 28.2 Å². The summed E-state index contributed by atoms with van der Waals surface area (Å²) in [5.41, 5.74) is 4.45. The number of hydrogen-bond acceptors (Lipinski definition) is 5. The lowest BCUT2D eigenvalue weighted by Crippen LogP contribution is -2.43. The van der Waals surface area contributed by atoms with Crippen molar-refractivity contribution in [2.75, 3.05) is 13.1 Å². The van der Waals surface area contributed by atoms with Gasteiger partial charge in [0, 0.05) is 38.8 Å². The zero-order valence-electron chi connectivity index (χ0n) is 23.3. The molecule has 1 aliphatic carbocycles. The molecule has 4 aromatic rings. The molecule has 0 radical (unpaired) electrons. The molecule has 3 heterocycles. The number of carbonyl (C=O) groups is 1. The fraction of sp³-hybridized carbons (Fsp3) is 0.312.